The van der Waals surface area contributed by atoms with Crippen molar-refractivity contribution in [2.45, 2.75) is 18.1 Å². The molecule has 0 aromatic heterocycles. The molecule has 2 saturated heterocycles. The molecule has 0 radical (unpaired) electrons. The van der Waals surface area contributed by atoms with Crippen LogP contribution in [0.4, 0.5) is 0 Å². The number of hydrogen-bond donors (Lipinski definition) is 0. The van der Waals surface area contributed by atoms with Crippen LogP contribution in [0.15, 0.2) is 0 Å². The minimum atomic E-state index is -3.15. The van der Waals surface area contributed by atoms with Crippen molar-refractivity contribution in [2.24, 2.45) is 5.92 Å². The summed E-state index contributed by atoms with van der Waals surface area (Å²) in [6.07, 6.45) is 1.29. The molecule has 0 N–H and O–H groups in total. The molecule has 0 aromatic rings. The van der Waals surface area contributed by atoms with E-state index in [4.69, 9.17) is 4.74 Å². The fraction of sp³-hybridized carbons (Fsp3) is 0.909. The summed E-state index contributed by atoms with van der Waals surface area (Å²) in [6.45, 7) is 1.80. The van der Waals surface area contributed by atoms with Gasteiger partial charge in [-0.1, -0.05) is 0 Å². The third-order valence-electron chi connectivity index (χ3n) is 3.91. The summed E-state index contributed by atoms with van der Waals surface area (Å²) in [5.41, 5.74) is 0. The topological polar surface area (TPSA) is 66.9 Å². The van der Waals surface area contributed by atoms with Gasteiger partial charge in [-0.15, -0.1) is 0 Å². The number of methoxy groups -OCH3 is 1. The lowest BCUT2D eigenvalue weighted by Gasteiger charge is -2.20. The van der Waals surface area contributed by atoms with Gasteiger partial charge >= 0.3 is 0 Å². The first-order valence-electron chi connectivity index (χ1n) is 6.18. The predicted octanol–water partition coefficient (Wildman–Crippen LogP) is -0.485. The number of carbonyl (C=O) groups excluding carboxylic acids is 1. The summed E-state index contributed by atoms with van der Waals surface area (Å²) in [6, 6.07) is 0. The molecule has 2 aliphatic rings. The minimum absolute atomic E-state index is 0.0526. The molecule has 18 heavy (non-hydrogen) atoms. The van der Waals surface area contributed by atoms with Crippen LogP contribution >= 0.6 is 0 Å². The number of fused-ring (bicyclic) bond motifs is 1. The Morgan fingerprint density at radius 2 is 2.00 bits per heavy atom. The SMILES string of the molecule is COCC(=O)N1CC[C@@H]2CN(C)S(=O)(=O)[C@@H]2CC1. The maximum atomic E-state index is 12.1. The van der Waals surface area contributed by atoms with Crippen LogP contribution in [-0.4, -0.2) is 69.2 Å². The molecule has 104 valence electrons. The Morgan fingerprint density at radius 3 is 2.67 bits per heavy atom. The van der Waals surface area contributed by atoms with E-state index < -0.39 is 10.0 Å². The second kappa shape index (κ2) is 5.14. The Balaban J connectivity index is 2.06. The largest absolute Gasteiger partial charge is 0.375 e. The molecule has 2 heterocycles. The van der Waals surface area contributed by atoms with E-state index in [0.29, 0.717) is 26.1 Å². The summed E-state index contributed by atoms with van der Waals surface area (Å²) in [5, 5.41) is -0.317. The van der Waals surface area contributed by atoms with Crippen LogP contribution in [0.2, 0.25) is 0 Å². The zero-order valence-corrected chi connectivity index (χ0v) is 11.6. The van der Waals surface area contributed by atoms with Crippen LogP contribution in [0.1, 0.15) is 12.8 Å². The number of carbonyl (C=O) groups is 1. The quantitative estimate of drug-likeness (QED) is 0.683. The van der Waals surface area contributed by atoms with E-state index in [2.05, 4.69) is 0 Å². The van der Waals surface area contributed by atoms with E-state index in [9.17, 15) is 13.2 Å². The molecule has 1 amide bonds. The van der Waals surface area contributed by atoms with E-state index in [1.54, 1.807) is 11.9 Å². The van der Waals surface area contributed by atoms with Gasteiger partial charge in [0.1, 0.15) is 6.61 Å². The van der Waals surface area contributed by atoms with Crippen LogP contribution in [0.3, 0.4) is 0 Å². The van der Waals surface area contributed by atoms with Gasteiger partial charge in [-0.25, -0.2) is 12.7 Å². The first-order chi connectivity index (χ1) is 8.46. The normalized spacial score (nSPS) is 32.0. The second-order valence-electron chi connectivity index (χ2n) is 5.02. The Labute approximate surface area is 108 Å². The molecule has 2 fully saturated rings. The lowest BCUT2D eigenvalue weighted by atomic mass is 10.0. The van der Waals surface area contributed by atoms with Gasteiger partial charge in [0, 0.05) is 33.8 Å². The molecule has 2 aliphatic heterocycles. The van der Waals surface area contributed by atoms with Gasteiger partial charge < -0.3 is 9.64 Å². The van der Waals surface area contributed by atoms with E-state index in [0.717, 1.165) is 6.42 Å². The van der Waals surface area contributed by atoms with Crippen LogP contribution in [0, 0.1) is 5.92 Å². The first-order valence-corrected chi connectivity index (χ1v) is 7.69. The summed E-state index contributed by atoms with van der Waals surface area (Å²) in [7, 11) is -0.0199. The van der Waals surface area contributed by atoms with E-state index in [1.807, 2.05) is 0 Å². The maximum Gasteiger partial charge on any atom is 0.248 e. The smallest absolute Gasteiger partial charge is 0.248 e. The summed E-state index contributed by atoms with van der Waals surface area (Å²) < 4.78 is 30.4. The summed E-state index contributed by atoms with van der Waals surface area (Å²) in [5.74, 6) is 0.101. The van der Waals surface area contributed by atoms with Crippen molar-refractivity contribution in [3.05, 3.63) is 0 Å². The fourth-order valence-corrected chi connectivity index (χ4v) is 4.84. The highest BCUT2D eigenvalue weighted by atomic mass is 32.2. The Kier molecular flexibility index (Phi) is 3.93. The van der Waals surface area contributed by atoms with Crippen molar-refractivity contribution in [3.63, 3.8) is 0 Å². The molecule has 2 atom stereocenters. The van der Waals surface area contributed by atoms with Crippen LogP contribution in [0.5, 0.6) is 0 Å². The number of hydrogen-bond acceptors (Lipinski definition) is 4. The molecule has 7 heteroatoms. The van der Waals surface area contributed by atoms with Gasteiger partial charge in [-0.2, -0.15) is 0 Å². The van der Waals surface area contributed by atoms with Crippen molar-refractivity contribution >= 4 is 15.9 Å². The molecule has 2 rings (SSSR count). The lowest BCUT2D eigenvalue weighted by molar-refractivity contribution is -0.135. The number of likely N-dealkylation sites (tertiary alicyclic amines) is 1. The highest BCUT2D eigenvalue weighted by Gasteiger charge is 2.45. The Bertz CT molecular complexity index is 423. The van der Waals surface area contributed by atoms with Gasteiger partial charge in [0.25, 0.3) is 0 Å². The van der Waals surface area contributed by atoms with Crippen molar-refractivity contribution < 1.29 is 17.9 Å². The lowest BCUT2D eigenvalue weighted by Crippen LogP contribution is -2.36. The number of nitrogens with zero attached hydrogens (tertiary/aromatic N) is 2. The van der Waals surface area contributed by atoms with Gasteiger partial charge in [0.05, 0.1) is 5.25 Å². The number of amides is 1. The standard InChI is InChI=1S/C11H20N2O4S/c1-12-7-9-3-5-13(11(14)8-17-2)6-4-10(9)18(12,15)16/h9-10H,3-8H2,1-2H3/t9-,10-/m1/s1. The van der Waals surface area contributed by atoms with E-state index in [-0.39, 0.29) is 23.7 Å². The van der Waals surface area contributed by atoms with Gasteiger partial charge in [-0.3, -0.25) is 4.79 Å². The summed E-state index contributed by atoms with van der Waals surface area (Å²) >= 11 is 0. The van der Waals surface area contributed by atoms with E-state index in [1.165, 1.54) is 11.4 Å². The third-order valence-corrected chi connectivity index (χ3v) is 6.31. The Morgan fingerprint density at radius 1 is 1.33 bits per heavy atom. The third kappa shape index (κ3) is 2.39. The van der Waals surface area contributed by atoms with Gasteiger partial charge in [-0.05, 0) is 18.8 Å². The summed E-state index contributed by atoms with van der Waals surface area (Å²) in [4.78, 5) is 13.5. The molecule has 0 unspecified atom stereocenters. The fourth-order valence-electron chi connectivity index (χ4n) is 2.87. The molecule has 6 nitrogen and oxygen atoms in total. The van der Waals surface area contributed by atoms with Crippen molar-refractivity contribution in [1.82, 2.24) is 9.21 Å². The Hall–Kier alpha value is -0.660. The molecular formula is C11H20N2O4S. The molecule has 0 aliphatic carbocycles. The molecule has 0 bridgehead atoms. The number of sulfonamides is 1. The predicted molar refractivity (Wildman–Crippen MR) is 66.5 cm³/mol. The number of rotatable bonds is 2. The van der Waals surface area contributed by atoms with E-state index >= 15 is 0 Å². The van der Waals surface area contributed by atoms with Crippen LogP contribution < -0.4 is 0 Å². The van der Waals surface area contributed by atoms with Crippen molar-refractivity contribution in [2.75, 3.05) is 40.4 Å². The monoisotopic (exact) mass is 276 g/mol. The highest BCUT2D eigenvalue weighted by molar-refractivity contribution is 7.90. The van der Waals surface area contributed by atoms with Gasteiger partial charge in [0.15, 0.2) is 0 Å². The number of ether oxygens (including phenoxy) is 1. The molecule has 0 spiro atoms. The zero-order valence-electron chi connectivity index (χ0n) is 10.8. The second-order valence-corrected chi connectivity index (χ2v) is 7.27. The van der Waals surface area contributed by atoms with Crippen molar-refractivity contribution in [1.29, 1.82) is 0 Å². The molecular weight excluding hydrogens is 256 g/mol. The average molecular weight is 276 g/mol. The van der Waals surface area contributed by atoms with Gasteiger partial charge in [0.2, 0.25) is 15.9 Å². The first kappa shape index (κ1) is 13.8. The van der Waals surface area contributed by atoms with Crippen molar-refractivity contribution in [3.8, 4) is 0 Å². The minimum Gasteiger partial charge on any atom is -0.375 e. The van der Waals surface area contributed by atoms with Crippen LogP contribution in [0.25, 0.3) is 0 Å². The zero-order chi connectivity index (χ0) is 13.3. The maximum absolute atomic E-state index is 12.1. The van der Waals surface area contributed by atoms with Crippen LogP contribution in [-0.2, 0) is 19.6 Å². The molecule has 0 saturated carbocycles. The molecule has 0 aromatic carbocycles. The highest BCUT2D eigenvalue weighted by Crippen LogP contribution is 2.33. The average Bonchev–Trinajstić information content (AvgIpc) is 2.48.